The number of carboxylic acid groups (broad SMARTS) is 1. The summed E-state index contributed by atoms with van der Waals surface area (Å²) in [7, 11) is 0. The first kappa shape index (κ1) is 15.8. The first-order valence-corrected chi connectivity index (χ1v) is 6.51. The average Bonchev–Trinajstić information content (AvgIpc) is 2.40. The number of hydrogen-bond donors (Lipinski definition) is 2. The Morgan fingerprint density at radius 3 is 2.55 bits per heavy atom. The van der Waals surface area contributed by atoms with Crippen molar-refractivity contribution in [3.8, 4) is 0 Å². The van der Waals surface area contributed by atoms with Crippen molar-refractivity contribution in [1.82, 2.24) is 5.32 Å². The number of benzene rings is 1. The van der Waals surface area contributed by atoms with Crippen molar-refractivity contribution in [2.24, 2.45) is 0 Å². The van der Waals surface area contributed by atoms with Crippen LogP contribution in [-0.4, -0.2) is 24.7 Å². The van der Waals surface area contributed by atoms with Crippen molar-refractivity contribution >= 4 is 17.7 Å². The van der Waals surface area contributed by atoms with E-state index in [0.717, 1.165) is 18.4 Å². The maximum atomic E-state index is 11.4. The lowest BCUT2D eigenvalue weighted by Gasteiger charge is -2.19. The Kier molecular flexibility index (Phi) is 6.36. The highest BCUT2D eigenvalue weighted by molar-refractivity contribution is 5.78. The normalized spacial score (nSPS) is 11.7. The van der Waals surface area contributed by atoms with Crippen molar-refractivity contribution in [2.75, 3.05) is 12.3 Å². The molecular formula is C14H19N2O4-. The molecule has 6 nitrogen and oxygen atoms in total. The minimum atomic E-state index is -1.35. The van der Waals surface area contributed by atoms with Gasteiger partial charge in [-0.1, -0.05) is 25.5 Å². The molecule has 0 aliphatic carbocycles. The fraction of sp³-hybridized carbons (Fsp3) is 0.429. The largest absolute Gasteiger partial charge is 0.548 e. The number of nitrogen functional groups attached to an aromatic ring is 1. The second kappa shape index (κ2) is 8.04. The Balaban J connectivity index is 2.54. The highest BCUT2D eigenvalue weighted by Gasteiger charge is 2.15. The molecule has 0 fully saturated rings. The molecule has 1 unspecified atom stereocenters. The molecule has 0 saturated heterocycles. The molecule has 1 rings (SSSR count). The van der Waals surface area contributed by atoms with E-state index in [2.05, 4.69) is 5.32 Å². The number of carboxylic acids is 1. The number of nitrogens with two attached hydrogens (primary N) is 1. The van der Waals surface area contributed by atoms with E-state index >= 15 is 0 Å². The van der Waals surface area contributed by atoms with Crippen LogP contribution >= 0.6 is 0 Å². The maximum absolute atomic E-state index is 11.4. The lowest BCUT2D eigenvalue weighted by Crippen LogP contribution is -2.49. The predicted octanol–water partition coefficient (Wildman–Crippen LogP) is 0.456. The van der Waals surface area contributed by atoms with Gasteiger partial charge in [0.15, 0.2) is 0 Å². The van der Waals surface area contributed by atoms with Crippen molar-refractivity contribution in [1.29, 1.82) is 0 Å². The zero-order chi connectivity index (χ0) is 15.0. The SMILES string of the molecule is CCCCOC(=O)NC(Cc1ccc(N)cc1)C(=O)[O-]. The number of carbonyl (C=O) groups is 2. The summed E-state index contributed by atoms with van der Waals surface area (Å²) in [4.78, 5) is 22.5. The van der Waals surface area contributed by atoms with Gasteiger partial charge in [0, 0.05) is 5.69 Å². The smallest absolute Gasteiger partial charge is 0.407 e. The van der Waals surface area contributed by atoms with Gasteiger partial charge in [0.2, 0.25) is 0 Å². The molecule has 1 amide bonds. The molecule has 0 aromatic heterocycles. The van der Waals surface area contributed by atoms with Gasteiger partial charge in [0.25, 0.3) is 0 Å². The quantitative estimate of drug-likeness (QED) is 0.557. The van der Waals surface area contributed by atoms with E-state index in [4.69, 9.17) is 10.5 Å². The van der Waals surface area contributed by atoms with Crippen LogP contribution in [0, 0.1) is 0 Å². The second-order valence-electron chi connectivity index (χ2n) is 4.45. The number of unbranched alkanes of at least 4 members (excludes halogenated alkanes) is 1. The molecule has 6 heteroatoms. The predicted molar refractivity (Wildman–Crippen MR) is 72.7 cm³/mol. The number of amides is 1. The van der Waals surface area contributed by atoms with E-state index in [1.54, 1.807) is 24.3 Å². The Morgan fingerprint density at radius 1 is 1.35 bits per heavy atom. The summed E-state index contributed by atoms with van der Waals surface area (Å²) >= 11 is 0. The molecule has 0 aliphatic rings. The van der Waals surface area contributed by atoms with Crippen LogP contribution in [0.4, 0.5) is 10.5 Å². The van der Waals surface area contributed by atoms with Gasteiger partial charge in [-0.05, 0) is 30.5 Å². The number of anilines is 1. The van der Waals surface area contributed by atoms with Gasteiger partial charge in [-0.2, -0.15) is 0 Å². The van der Waals surface area contributed by atoms with Crippen LogP contribution in [0.1, 0.15) is 25.3 Å². The summed E-state index contributed by atoms with van der Waals surface area (Å²) in [5, 5.41) is 13.3. The van der Waals surface area contributed by atoms with Crippen molar-refractivity contribution in [2.45, 2.75) is 32.2 Å². The van der Waals surface area contributed by atoms with Crippen LogP contribution in [0.5, 0.6) is 0 Å². The van der Waals surface area contributed by atoms with E-state index in [1.807, 2.05) is 6.92 Å². The lowest BCUT2D eigenvalue weighted by atomic mass is 10.1. The molecular weight excluding hydrogens is 260 g/mol. The fourth-order valence-electron chi connectivity index (χ4n) is 1.58. The highest BCUT2D eigenvalue weighted by atomic mass is 16.5. The van der Waals surface area contributed by atoms with E-state index < -0.39 is 18.1 Å². The molecule has 1 aromatic rings. The first-order chi connectivity index (χ1) is 9.52. The average molecular weight is 279 g/mol. The van der Waals surface area contributed by atoms with Crippen LogP contribution in [0.25, 0.3) is 0 Å². The number of carbonyl (C=O) groups excluding carboxylic acids is 2. The van der Waals surface area contributed by atoms with Crippen molar-refractivity contribution in [3.05, 3.63) is 29.8 Å². The summed E-state index contributed by atoms with van der Waals surface area (Å²) in [5.74, 6) is -1.35. The van der Waals surface area contributed by atoms with Crippen LogP contribution in [-0.2, 0) is 16.0 Å². The molecule has 0 saturated carbocycles. The van der Waals surface area contributed by atoms with E-state index in [1.165, 1.54) is 0 Å². The molecule has 0 bridgehead atoms. The van der Waals surface area contributed by atoms with Gasteiger partial charge in [0.05, 0.1) is 18.6 Å². The zero-order valence-electron chi connectivity index (χ0n) is 11.4. The third-order valence-electron chi connectivity index (χ3n) is 2.73. The van der Waals surface area contributed by atoms with Crippen LogP contribution < -0.4 is 16.2 Å². The van der Waals surface area contributed by atoms with Crippen LogP contribution in [0.15, 0.2) is 24.3 Å². The minimum absolute atomic E-state index is 0.117. The highest BCUT2D eigenvalue weighted by Crippen LogP contribution is 2.08. The fourth-order valence-corrected chi connectivity index (χ4v) is 1.58. The topological polar surface area (TPSA) is 104 Å². The summed E-state index contributed by atoms with van der Waals surface area (Å²) in [6.07, 6.45) is 0.998. The Labute approximate surface area is 117 Å². The third-order valence-corrected chi connectivity index (χ3v) is 2.73. The monoisotopic (exact) mass is 279 g/mol. The number of alkyl carbamates (subject to hydrolysis) is 1. The Morgan fingerprint density at radius 2 is 2.00 bits per heavy atom. The number of hydrogen-bond acceptors (Lipinski definition) is 5. The molecule has 20 heavy (non-hydrogen) atoms. The van der Waals surface area contributed by atoms with Gasteiger partial charge < -0.3 is 25.7 Å². The molecule has 0 spiro atoms. The summed E-state index contributed by atoms with van der Waals surface area (Å²) in [6.45, 7) is 2.23. The Hall–Kier alpha value is -2.24. The summed E-state index contributed by atoms with van der Waals surface area (Å²) in [6, 6.07) is 5.61. The Bertz CT molecular complexity index is 445. The summed E-state index contributed by atoms with van der Waals surface area (Å²) < 4.78 is 4.86. The number of nitrogens with one attached hydrogen (secondary N) is 1. The van der Waals surface area contributed by atoms with Crippen molar-refractivity contribution in [3.63, 3.8) is 0 Å². The summed E-state index contributed by atoms with van der Waals surface area (Å²) in [5.41, 5.74) is 6.87. The molecule has 3 N–H and O–H groups in total. The van der Waals surface area contributed by atoms with E-state index in [0.29, 0.717) is 5.69 Å². The lowest BCUT2D eigenvalue weighted by molar-refractivity contribution is -0.308. The van der Waals surface area contributed by atoms with Gasteiger partial charge in [-0.15, -0.1) is 0 Å². The van der Waals surface area contributed by atoms with Gasteiger partial charge >= 0.3 is 6.09 Å². The first-order valence-electron chi connectivity index (χ1n) is 6.51. The zero-order valence-corrected chi connectivity index (χ0v) is 11.4. The number of ether oxygens (including phenoxy) is 1. The second-order valence-corrected chi connectivity index (χ2v) is 4.45. The molecule has 1 aromatic carbocycles. The molecule has 1 atom stereocenters. The standard InChI is InChI=1S/C14H20N2O4/c1-2-3-8-20-14(19)16-12(13(17)18)9-10-4-6-11(15)7-5-10/h4-7,12H,2-3,8-9,15H2,1H3,(H,16,19)(H,17,18)/p-1. The molecule has 110 valence electrons. The van der Waals surface area contributed by atoms with E-state index in [9.17, 15) is 14.7 Å². The number of aliphatic carboxylic acids is 1. The molecule has 0 radical (unpaired) electrons. The molecule has 0 aliphatic heterocycles. The van der Waals surface area contributed by atoms with Gasteiger partial charge in [-0.25, -0.2) is 4.79 Å². The van der Waals surface area contributed by atoms with E-state index in [-0.39, 0.29) is 13.0 Å². The van der Waals surface area contributed by atoms with Gasteiger partial charge in [0.1, 0.15) is 0 Å². The number of rotatable bonds is 7. The van der Waals surface area contributed by atoms with Gasteiger partial charge in [-0.3, -0.25) is 0 Å². The maximum Gasteiger partial charge on any atom is 0.407 e. The van der Waals surface area contributed by atoms with Crippen LogP contribution in [0.3, 0.4) is 0 Å². The van der Waals surface area contributed by atoms with Crippen LogP contribution in [0.2, 0.25) is 0 Å². The third kappa shape index (κ3) is 5.60. The molecule has 0 heterocycles. The minimum Gasteiger partial charge on any atom is -0.548 e. The van der Waals surface area contributed by atoms with Crippen molar-refractivity contribution < 1.29 is 19.4 Å².